The number of aliphatic imine (C=N–C) groups is 1. The Hall–Kier alpha value is -2.35. The summed E-state index contributed by atoms with van der Waals surface area (Å²) in [6.45, 7) is 4.44. The lowest BCUT2D eigenvalue weighted by atomic mass is 10.4. The molecule has 0 aliphatic heterocycles. The van der Waals surface area contributed by atoms with Crippen LogP contribution in [-0.2, 0) is 24.9 Å². The van der Waals surface area contributed by atoms with E-state index in [1.54, 1.807) is 13.3 Å². The number of guanidine groups is 1. The topological polar surface area (TPSA) is 89.5 Å². The summed E-state index contributed by atoms with van der Waals surface area (Å²) in [7, 11) is 3.68. The van der Waals surface area contributed by atoms with Crippen molar-refractivity contribution in [2.75, 3.05) is 20.2 Å². The Morgan fingerprint density at radius 2 is 2.26 bits per heavy atom. The van der Waals surface area contributed by atoms with Gasteiger partial charge in [0.15, 0.2) is 11.8 Å². The van der Waals surface area contributed by atoms with Crippen molar-refractivity contribution in [2.24, 2.45) is 12.0 Å². The van der Waals surface area contributed by atoms with Crippen LogP contribution >= 0.6 is 0 Å². The Morgan fingerprint density at radius 3 is 2.91 bits per heavy atom. The summed E-state index contributed by atoms with van der Waals surface area (Å²) in [4.78, 5) is 4.18. The van der Waals surface area contributed by atoms with Crippen molar-refractivity contribution in [1.29, 1.82) is 0 Å². The minimum atomic E-state index is 0.505. The highest BCUT2D eigenvalue weighted by Gasteiger charge is 2.05. The molecule has 0 spiro atoms. The minimum absolute atomic E-state index is 0.505. The van der Waals surface area contributed by atoms with E-state index in [2.05, 4.69) is 25.8 Å². The zero-order chi connectivity index (χ0) is 16.5. The number of aromatic nitrogens is 3. The third kappa shape index (κ3) is 5.41. The fraction of sp³-hybridized carbons (Fsp3) is 0.533. The Labute approximate surface area is 136 Å². The zero-order valence-corrected chi connectivity index (χ0v) is 13.9. The molecule has 0 saturated carbocycles. The van der Waals surface area contributed by atoms with Gasteiger partial charge in [-0.2, -0.15) is 0 Å². The van der Waals surface area contributed by atoms with Crippen LogP contribution in [0.1, 0.15) is 23.8 Å². The Bertz CT molecular complexity index is 606. The Balaban J connectivity index is 1.58. The first-order valence-corrected chi connectivity index (χ1v) is 7.60. The van der Waals surface area contributed by atoms with Crippen LogP contribution in [0.5, 0.6) is 0 Å². The van der Waals surface area contributed by atoms with Gasteiger partial charge in [0.1, 0.15) is 18.2 Å². The molecule has 0 aromatic carbocycles. The SMILES string of the molecule is CN=C(NCCCOCc1ccco1)NCc1nnc(C)n1C. The van der Waals surface area contributed by atoms with Crippen LogP contribution in [0.25, 0.3) is 0 Å². The zero-order valence-electron chi connectivity index (χ0n) is 13.9. The van der Waals surface area contributed by atoms with Crippen LogP contribution in [0.4, 0.5) is 0 Å². The van der Waals surface area contributed by atoms with Crippen LogP contribution in [0, 0.1) is 6.92 Å². The van der Waals surface area contributed by atoms with Crippen molar-refractivity contribution in [2.45, 2.75) is 26.5 Å². The van der Waals surface area contributed by atoms with Crippen molar-refractivity contribution < 1.29 is 9.15 Å². The second kappa shape index (κ2) is 8.94. The van der Waals surface area contributed by atoms with Gasteiger partial charge in [-0.1, -0.05) is 0 Å². The number of rotatable bonds is 8. The summed E-state index contributed by atoms with van der Waals surface area (Å²) in [6, 6.07) is 3.76. The quantitative estimate of drug-likeness (QED) is 0.428. The molecule has 23 heavy (non-hydrogen) atoms. The van der Waals surface area contributed by atoms with Crippen molar-refractivity contribution >= 4 is 5.96 Å². The molecule has 0 amide bonds. The van der Waals surface area contributed by atoms with E-state index in [0.29, 0.717) is 19.8 Å². The molecule has 8 heteroatoms. The molecule has 0 atom stereocenters. The first kappa shape index (κ1) is 17.0. The fourth-order valence-corrected chi connectivity index (χ4v) is 1.94. The molecule has 0 aliphatic carbocycles. The summed E-state index contributed by atoms with van der Waals surface area (Å²) in [5.74, 6) is 3.33. The van der Waals surface area contributed by atoms with E-state index in [9.17, 15) is 0 Å². The first-order valence-electron chi connectivity index (χ1n) is 7.60. The molecule has 0 unspecified atom stereocenters. The highest BCUT2D eigenvalue weighted by molar-refractivity contribution is 5.79. The van der Waals surface area contributed by atoms with Crippen LogP contribution in [0.2, 0.25) is 0 Å². The van der Waals surface area contributed by atoms with Gasteiger partial charge in [0.05, 0.1) is 12.8 Å². The van der Waals surface area contributed by atoms with Gasteiger partial charge in [0.25, 0.3) is 0 Å². The molecule has 2 N–H and O–H groups in total. The van der Waals surface area contributed by atoms with Crippen LogP contribution in [0.15, 0.2) is 27.8 Å². The lowest BCUT2D eigenvalue weighted by Crippen LogP contribution is -2.38. The van der Waals surface area contributed by atoms with Gasteiger partial charge in [-0.3, -0.25) is 4.99 Å². The Morgan fingerprint density at radius 1 is 1.39 bits per heavy atom. The highest BCUT2D eigenvalue weighted by Crippen LogP contribution is 2.01. The Kier molecular flexibility index (Phi) is 6.61. The van der Waals surface area contributed by atoms with Gasteiger partial charge < -0.3 is 24.4 Å². The van der Waals surface area contributed by atoms with E-state index in [1.807, 2.05) is 30.7 Å². The maximum Gasteiger partial charge on any atom is 0.191 e. The molecular formula is C15H24N6O2. The second-order valence-corrected chi connectivity index (χ2v) is 5.06. The summed E-state index contributed by atoms with van der Waals surface area (Å²) >= 11 is 0. The molecular weight excluding hydrogens is 296 g/mol. The summed E-state index contributed by atoms with van der Waals surface area (Å²) in [5, 5.41) is 14.6. The summed E-state index contributed by atoms with van der Waals surface area (Å²) < 4.78 is 12.7. The van der Waals surface area contributed by atoms with Crippen molar-refractivity contribution in [3.05, 3.63) is 35.8 Å². The lowest BCUT2D eigenvalue weighted by molar-refractivity contribution is 0.105. The van der Waals surface area contributed by atoms with E-state index in [-0.39, 0.29) is 0 Å². The molecule has 8 nitrogen and oxygen atoms in total. The third-order valence-electron chi connectivity index (χ3n) is 3.40. The predicted octanol–water partition coefficient (Wildman–Crippen LogP) is 0.988. The van der Waals surface area contributed by atoms with Gasteiger partial charge in [-0.25, -0.2) is 0 Å². The summed E-state index contributed by atoms with van der Waals surface area (Å²) in [6.07, 6.45) is 2.53. The van der Waals surface area contributed by atoms with E-state index in [4.69, 9.17) is 9.15 Å². The predicted molar refractivity (Wildman–Crippen MR) is 86.9 cm³/mol. The van der Waals surface area contributed by atoms with Gasteiger partial charge >= 0.3 is 0 Å². The monoisotopic (exact) mass is 320 g/mol. The van der Waals surface area contributed by atoms with Crippen molar-refractivity contribution in [3.63, 3.8) is 0 Å². The molecule has 2 rings (SSSR count). The van der Waals surface area contributed by atoms with Gasteiger partial charge in [0, 0.05) is 27.2 Å². The molecule has 126 valence electrons. The molecule has 2 heterocycles. The number of ether oxygens (including phenoxy) is 1. The van der Waals surface area contributed by atoms with Gasteiger partial charge in [-0.05, 0) is 25.5 Å². The molecule has 2 aromatic heterocycles. The molecule has 0 fully saturated rings. The number of furan rings is 1. The van der Waals surface area contributed by atoms with E-state index >= 15 is 0 Å². The normalized spacial score (nSPS) is 11.7. The van der Waals surface area contributed by atoms with E-state index in [0.717, 1.165) is 36.3 Å². The number of nitrogens with one attached hydrogen (secondary N) is 2. The molecule has 0 radical (unpaired) electrons. The molecule has 2 aromatic rings. The summed E-state index contributed by atoms with van der Waals surface area (Å²) in [5.41, 5.74) is 0. The minimum Gasteiger partial charge on any atom is -0.467 e. The van der Waals surface area contributed by atoms with Crippen LogP contribution in [0.3, 0.4) is 0 Å². The maximum atomic E-state index is 5.53. The number of hydrogen-bond donors (Lipinski definition) is 2. The average Bonchev–Trinajstić information content (AvgIpc) is 3.18. The molecule has 0 bridgehead atoms. The van der Waals surface area contributed by atoms with Crippen LogP contribution < -0.4 is 10.6 Å². The smallest absolute Gasteiger partial charge is 0.191 e. The first-order chi connectivity index (χ1) is 11.2. The number of nitrogens with zero attached hydrogens (tertiary/aromatic N) is 4. The fourth-order valence-electron chi connectivity index (χ4n) is 1.94. The second-order valence-electron chi connectivity index (χ2n) is 5.06. The van der Waals surface area contributed by atoms with Gasteiger partial charge in [0.2, 0.25) is 0 Å². The molecule has 0 saturated heterocycles. The number of aryl methyl sites for hydroxylation is 1. The number of hydrogen-bond acceptors (Lipinski definition) is 5. The molecule has 0 aliphatic rings. The van der Waals surface area contributed by atoms with E-state index in [1.165, 1.54) is 0 Å². The van der Waals surface area contributed by atoms with Crippen molar-refractivity contribution in [3.8, 4) is 0 Å². The third-order valence-corrected chi connectivity index (χ3v) is 3.40. The lowest BCUT2D eigenvalue weighted by Gasteiger charge is -2.11. The van der Waals surface area contributed by atoms with Gasteiger partial charge in [-0.15, -0.1) is 10.2 Å². The highest BCUT2D eigenvalue weighted by atomic mass is 16.5. The van der Waals surface area contributed by atoms with Crippen molar-refractivity contribution in [1.82, 2.24) is 25.4 Å². The van der Waals surface area contributed by atoms with Crippen LogP contribution in [-0.4, -0.2) is 40.9 Å². The average molecular weight is 320 g/mol. The standard InChI is InChI=1S/C15H24N6O2/c1-12-19-20-14(21(12)3)10-18-15(16-2)17-7-5-8-22-11-13-6-4-9-23-13/h4,6,9H,5,7-8,10-11H2,1-3H3,(H2,16,17,18). The van der Waals surface area contributed by atoms with E-state index < -0.39 is 0 Å². The largest absolute Gasteiger partial charge is 0.467 e. The maximum absolute atomic E-state index is 5.53.